The van der Waals surface area contributed by atoms with E-state index in [9.17, 15) is 25.0 Å². The first-order valence-corrected chi connectivity index (χ1v) is 6.24. The second-order valence-electron chi connectivity index (χ2n) is 3.61. The van der Waals surface area contributed by atoms with Gasteiger partial charge in [-0.15, -0.1) is 11.8 Å². The molecule has 0 aliphatic rings. The molecule has 0 bridgehead atoms. The monoisotopic (exact) mass is 301 g/mol. The van der Waals surface area contributed by atoms with E-state index in [0.717, 1.165) is 23.9 Å². The van der Waals surface area contributed by atoms with Gasteiger partial charge in [-0.3, -0.25) is 25.0 Å². The summed E-state index contributed by atoms with van der Waals surface area (Å²) in [6.45, 7) is 0. The Balaban J connectivity index is 2.92. The van der Waals surface area contributed by atoms with Crippen molar-refractivity contribution in [2.24, 2.45) is 5.73 Å². The Bertz CT molecular complexity index is 550. The van der Waals surface area contributed by atoms with Crippen LogP contribution >= 0.6 is 11.8 Å². The Morgan fingerprint density at radius 2 is 2.05 bits per heavy atom. The number of rotatable bonds is 6. The molecule has 0 fully saturated rings. The molecule has 0 amide bonds. The smallest absolute Gasteiger partial charge is 0.323 e. The van der Waals surface area contributed by atoms with E-state index in [1.807, 2.05) is 0 Å². The van der Waals surface area contributed by atoms with Crippen LogP contribution in [-0.2, 0) is 9.53 Å². The highest BCUT2D eigenvalue weighted by Gasteiger charge is 2.21. The third-order valence-corrected chi connectivity index (χ3v) is 3.45. The predicted octanol–water partition coefficient (Wildman–Crippen LogP) is 1.10. The second kappa shape index (κ2) is 6.82. The van der Waals surface area contributed by atoms with Crippen molar-refractivity contribution in [3.63, 3.8) is 0 Å². The number of thioether (sulfide) groups is 1. The van der Waals surface area contributed by atoms with Crippen molar-refractivity contribution in [2.75, 3.05) is 12.9 Å². The number of ether oxygens (including phenoxy) is 1. The summed E-state index contributed by atoms with van der Waals surface area (Å²) in [5, 5.41) is 21.5. The van der Waals surface area contributed by atoms with E-state index < -0.39 is 27.5 Å². The molecule has 0 aliphatic heterocycles. The molecule has 1 unspecified atom stereocenters. The number of nitro benzene ring substituents is 2. The lowest BCUT2D eigenvalue weighted by Gasteiger charge is -2.08. The fourth-order valence-corrected chi connectivity index (χ4v) is 2.22. The first kappa shape index (κ1) is 15.9. The summed E-state index contributed by atoms with van der Waals surface area (Å²) >= 11 is 0.957. The van der Waals surface area contributed by atoms with Crippen LogP contribution in [0.1, 0.15) is 0 Å². The molecule has 0 saturated carbocycles. The van der Waals surface area contributed by atoms with Gasteiger partial charge in [0.1, 0.15) is 6.04 Å². The normalized spacial score (nSPS) is 11.7. The minimum absolute atomic E-state index is 0.0608. The molecule has 1 atom stereocenters. The first-order chi connectivity index (χ1) is 9.36. The van der Waals surface area contributed by atoms with Crippen LogP contribution in [0.2, 0.25) is 0 Å². The molecule has 2 N–H and O–H groups in total. The number of carbonyl (C=O) groups excluding carboxylic acids is 1. The summed E-state index contributed by atoms with van der Waals surface area (Å²) in [4.78, 5) is 31.3. The fourth-order valence-electron chi connectivity index (χ4n) is 1.28. The van der Waals surface area contributed by atoms with E-state index in [2.05, 4.69) is 4.74 Å². The number of benzene rings is 1. The van der Waals surface area contributed by atoms with Gasteiger partial charge in [0.15, 0.2) is 0 Å². The number of nitrogens with zero attached hydrogens (tertiary/aromatic N) is 2. The number of hydrogen-bond acceptors (Lipinski definition) is 8. The van der Waals surface area contributed by atoms with Gasteiger partial charge in [0.2, 0.25) is 0 Å². The molecule has 108 valence electrons. The van der Waals surface area contributed by atoms with E-state index in [4.69, 9.17) is 5.73 Å². The molecule has 0 aromatic heterocycles. The maximum Gasteiger partial charge on any atom is 0.323 e. The van der Waals surface area contributed by atoms with Crippen LogP contribution in [0, 0.1) is 20.2 Å². The van der Waals surface area contributed by atoms with Crippen molar-refractivity contribution in [1.29, 1.82) is 0 Å². The van der Waals surface area contributed by atoms with Gasteiger partial charge in [-0.05, 0) is 6.07 Å². The number of hydrogen-bond donors (Lipinski definition) is 1. The Morgan fingerprint density at radius 1 is 1.40 bits per heavy atom. The molecule has 0 saturated heterocycles. The van der Waals surface area contributed by atoms with Gasteiger partial charge < -0.3 is 10.5 Å². The average Bonchev–Trinajstić information content (AvgIpc) is 2.43. The van der Waals surface area contributed by atoms with E-state index >= 15 is 0 Å². The Hall–Kier alpha value is -2.20. The molecular formula is C10H11N3O6S. The summed E-state index contributed by atoms with van der Waals surface area (Å²) in [7, 11) is 1.18. The third kappa shape index (κ3) is 3.90. The number of non-ortho nitro benzene ring substituents is 1. The summed E-state index contributed by atoms with van der Waals surface area (Å²) in [5.74, 6) is -0.576. The standard InChI is InChI=1S/C10H11N3O6S/c1-19-10(14)7(11)5-20-9-3-2-6(12(15)16)4-8(9)13(17)18/h2-4,7H,5,11H2,1H3. The molecule has 0 radical (unpaired) electrons. The van der Waals surface area contributed by atoms with Gasteiger partial charge in [0.25, 0.3) is 11.4 Å². The third-order valence-electron chi connectivity index (χ3n) is 2.27. The lowest BCUT2D eigenvalue weighted by Crippen LogP contribution is -2.33. The number of nitrogens with two attached hydrogens (primary N) is 1. The van der Waals surface area contributed by atoms with Crippen molar-refractivity contribution in [1.82, 2.24) is 0 Å². The van der Waals surface area contributed by atoms with Gasteiger partial charge in [-0.1, -0.05) is 0 Å². The number of nitro groups is 2. The van der Waals surface area contributed by atoms with Gasteiger partial charge in [-0.2, -0.15) is 0 Å². The Labute approximate surface area is 117 Å². The zero-order chi connectivity index (χ0) is 15.3. The maximum atomic E-state index is 11.1. The molecule has 9 nitrogen and oxygen atoms in total. The second-order valence-corrected chi connectivity index (χ2v) is 4.67. The van der Waals surface area contributed by atoms with E-state index in [1.165, 1.54) is 13.2 Å². The van der Waals surface area contributed by atoms with Crippen LogP contribution in [0.5, 0.6) is 0 Å². The van der Waals surface area contributed by atoms with Gasteiger partial charge >= 0.3 is 5.97 Å². The number of carbonyl (C=O) groups is 1. The summed E-state index contributed by atoms with van der Waals surface area (Å²) in [5.41, 5.74) is 4.73. The molecule has 20 heavy (non-hydrogen) atoms. The molecule has 1 rings (SSSR count). The highest BCUT2D eigenvalue weighted by atomic mass is 32.2. The topological polar surface area (TPSA) is 139 Å². The lowest BCUT2D eigenvalue weighted by molar-refractivity contribution is -0.396. The zero-order valence-electron chi connectivity index (χ0n) is 10.3. The first-order valence-electron chi connectivity index (χ1n) is 5.26. The van der Waals surface area contributed by atoms with Crippen LogP contribution in [-0.4, -0.2) is 34.7 Å². The molecule has 10 heteroatoms. The van der Waals surface area contributed by atoms with E-state index in [1.54, 1.807) is 0 Å². The van der Waals surface area contributed by atoms with Crippen molar-refractivity contribution in [3.05, 3.63) is 38.4 Å². The molecule has 1 aromatic rings. The molecule has 0 spiro atoms. The molecule has 0 heterocycles. The van der Waals surface area contributed by atoms with Crippen molar-refractivity contribution in [3.8, 4) is 0 Å². The Kier molecular flexibility index (Phi) is 5.41. The van der Waals surface area contributed by atoms with Crippen LogP contribution in [0.15, 0.2) is 23.1 Å². The summed E-state index contributed by atoms with van der Waals surface area (Å²) in [6, 6.07) is 2.34. The van der Waals surface area contributed by atoms with Crippen LogP contribution in [0.3, 0.4) is 0 Å². The van der Waals surface area contributed by atoms with Crippen LogP contribution < -0.4 is 5.73 Å². The quantitative estimate of drug-likeness (QED) is 0.356. The maximum absolute atomic E-state index is 11.1. The van der Waals surface area contributed by atoms with Crippen molar-refractivity contribution >= 4 is 29.1 Å². The van der Waals surface area contributed by atoms with Crippen LogP contribution in [0.25, 0.3) is 0 Å². The number of methoxy groups -OCH3 is 1. The molecular weight excluding hydrogens is 290 g/mol. The minimum atomic E-state index is -0.931. The Morgan fingerprint density at radius 3 is 2.55 bits per heavy atom. The molecule has 0 aliphatic carbocycles. The SMILES string of the molecule is COC(=O)C(N)CSc1ccc([N+](=O)[O-])cc1[N+](=O)[O-]. The van der Waals surface area contributed by atoms with E-state index in [-0.39, 0.29) is 16.3 Å². The molecule has 1 aromatic carbocycles. The zero-order valence-corrected chi connectivity index (χ0v) is 11.2. The average molecular weight is 301 g/mol. The van der Waals surface area contributed by atoms with Crippen molar-refractivity contribution < 1.29 is 19.4 Å². The predicted molar refractivity (Wildman–Crippen MR) is 70.5 cm³/mol. The lowest BCUT2D eigenvalue weighted by atomic mass is 10.3. The summed E-state index contributed by atoms with van der Waals surface area (Å²) in [6.07, 6.45) is 0. The van der Waals surface area contributed by atoms with Crippen molar-refractivity contribution in [2.45, 2.75) is 10.9 Å². The fraction of sp³-hybridized carbons (Fsp3) is 0.300. The van der Waals surface area contributed by atoms with E-state index in [0.29, 0.717) is 0 Å². The highest BCUT2D eigenvalue weighted by molar-refractivity contribution is 7.99. The number of esters is 1. The largest absolute Gasteiger partial charge is 0.468 e. The minimum Gasteiger partial charge on any atom is -0.468 e. The van der Waals surface area contributed by atoms with Gasteiger partial charge in [0.05, 0.1) is 27.9 Å². The summed E-state index contributed by atoms with van der Waals surface area (Å²) < 4.78 is 4.43. The van der Waals surface area contributed by atoms with Gasteiger partial charge in [-0.25, -0.2) is 0 Å². The van der Waals surface area contributed by atoms with Crippen LogP contribution in [0.4, 0.5) is 11.4 Å². The highest BCUT2D eigenvalue weighted by Crippen LogP contribution is 2.32. The van der Waals surface area contributed by atoms with Gasteiger partial charge in [0, 0.05) is 11.8 Å².